The average Bonchev–Trinajstić information content (AvgIpc) is 3.10. The summed E-state index contributed by atoms with van der Waals surface area (Å²) in [5.74, 6) is 0.298. The Bertz CT molecular complexity index is 776. The summed E-state index contributed by atoms with van der Waals surface area (Å²) in [4.78, 5) is 11.8. The monoisotopic (exact) mass is 332 g/mol. The molecular weight excluding hydrogens is 316 g/mol. The van der Waals surface area contributed by atoms with Gasteiger partial charge in [0.05, 0.1) is 22.1 Å². The molecule has 0 amide bonds. The van der Waals surface area contributed by atoms with Crippen molar-refractivity contribution < 1.29 is 5.11 Å². The van der Waals surface area contributed by atoms with E-state index in [4.69, 9.17) is 11.6 Å². The first-order valence-electron chi connectivity index (χ1n) is 7.07. The van der Waals surface area contributed by atoms with E-state index in [0.717, 1.165) is 5.69 Å². The van der Waals surface area contributed by atoms with E-state index in [0.29, 0.717) is 22.2 Å². The Balaban J connectivity index is 0.000000924. The van der Waals surface area contributed by atoms with Crippen LogP contribution in [0.15, 0.2) is 37.2 Å². The molecule has 1 aromatic carbocycles. The Labute approximate surface area is 139 Å². The molecule has 0 atom stereocenters. The molecule has 0 bridgehead atoms. The van der Waals surface area contributed by atoms with Gasteiger partial charge in [-0.2, -0.15) is 5.10 Å². The molecule has 2 N–H and O–H groups in total. The van der Waals surface area contributed by atoms with E-state index in [9.17, 15) is 5.11 Å². The number of aromatic hydroxyl groups is 1. The standard InChI is InChI=1S/C13H11ClN6O.C2H6/c1-8-12(21)13(17-6-16-8)19-11-3-2-9(4-10(11)14)20-7-15-5-18-20;1-2/h2-7,21H,1H3,(H,16,17,19);1-2H3. The Morgan fingerprint density at radius 2 is 1.96 bits per heavy atom. The first-order chi connectivity index (χ1) is 11.1. The average molecular weight is 333 g/mol. The minimum Gasteiger partial charge on any atom is -0.503 e. The van der Waals surface area contributed by atoms with Gasteiger partial charge < -0.3 is 10.4 Å². The normalized spacial score (nSPS) is 9.91. The predicted octanol–water partition coefficient (Wildman–Crippen LogP) is 3.49. The Kier molecular flexibility index (Phi) is 5.48. The van der Waals surface area contributed by atoms with E-state index < -0.39 is 0 Å². The lowest BCUT2D eigenvalue weighted by atomic mass is 10.2. The zero-order chi connectivity index (χ0) is 16.8. The second kappa shape index (κ2) is 7.55. The van der Waals surface area contributed by atoms with Gasteiger partial charge in [0.1, 0.15) is 19.0 Å². The lowest BCUT2D eigenvalue weighted by Crippen LogP contribution is -1.99. The van der Waals surface area contributed by atoms with Crippen LogP contribution in [0.4, 0.5) is 11.5 Å². The summed E-state index contributed by atoms with van der Waals surface area (Å²) >= 11 is 6.24. The predicted molar refractivity (Wildman–Crippen MR) is 89.4 cm³/mol. The third-order valence-corrected chi connectivity index (χ3v) is 3.21. The summed E-state index contributed by atoms with van der Waals surface area (Å²) in [7, 11) is 0. The SMILES string of the molecule is CC.Cc1ncnc(Nc2ccc(-n3cncn3)cc2Cl)c1O. The molecule has 0 radical (unpaired) electrons. The van der Waals surface area contributed by atoms with Gasteiger partial charge in [-0.3, -0.25) is 0 Å². The Morgan fingerprint density at radius 3 is 2.61 bits per heavy atom. The summed E-state index contributed by atoms with van der Waals surface area (Å²) in [6, 6.07) is 5.34. The van der Waals surface area contributed by atoms with Crippen LogP contribution in [0.5, 0.6) is 5.75 Å². The largest absolute Gasteiger partial charge is 0.503 e. The number of rotatable bonds is 3. The van der Waals surface area contributed by atoms with Gasteiger partial charge >= 0.3 is 0 Å². The van der Waals surface area contributed by atoms with E-state index >= 15 is 0 Å². The van der Waals surface area contributed by atoms with Crippen LogP contribution in [0, 0.1) is 6.92 Å². The number of benzene rings is 1. The van der Waals surface area contributed by atoms with Crippen LogP contribution in [0.1, 0.15) is 19.5 Å². The summed E-state index contributed by atoms with van der Waals surface area (Å²) in [6.45, 7) is 5.69. The van der Waals surface area contributed by atoms with Crippen LogP contribution in [-0.2, 0) is 0 Å². The highest BCUT2D eigenvalue weighted by molar-refractivity contribution is 6.33. The highest BCUT2D eigenvalue weighted by Crippen LogP contribution is 2.31. The van der Waals surface area contributed by atoms with Gasteiger partial charge in [-0.05, 0) is 25.1 Å². The number of aryl methyl sites for hydroxylation is 1. The number of hydrogen-bond donors (Lipinski definition) is 2. The molecule has 2 aromatic heterocycles. The minimum absolute atomic E-state index is 0.00563. The molecule has 0 spiro atoms. The van der Waals surface area contributed by atoms with Crippen LogP contribution >= 0.6 is 11.6 Å². The molecule has 0 saturated heterocycles. The first-order valence-corrected chi connectivity index (χ1v) is 7.45. The summed E-state index contributed by atoms with van der Waals surface area (Å²) in [5, 5.41) is 17.4. The number of halogens is 1. The van der Waals surface area contributed by atoms with E-state index in [1.807, 2.05) is 19.9 Å². The maximum atomic E-state index is 9.90. The smallest absolute Gasteiger partial charge is 0.180 e. The number of nitrogens with zero attached hydrogens (tertiary/aromatic N) is 5. The second-order valence-corrected chi connectivity index (χ2v) is 4.69. The lowest BCUT2D eigenvalue weighted by Gasteiger charge is -2.11. The van der Waals surface area contributed by atoms with E-state index in [1.54, 1.807) is 30.1 Å². The minimum atomic E-state index is -0.00563. The first kappa shape index (κ1) is 16.7. The molecule has 0 saturated carbocycles. The number of aromatic nitrogens is 5. The number of hydrogen-bond acceptors (Lipinski definition) is 6. The van der Waals surface area contributed by atoms with Gasteiger partial charge in [0, 0.05) is 0 Å². The van der Waals surface area contributed by atoms with Crippen molar-refractivity contribution in [2.45, 2.75) is 20.8 Å². The number of nitrogens with one attached hydrogen (secondary N) is 1. The van der Waals surface area contributed by atoms with Gasteiger partial charge in [-0.25, -0.2) is 19.6 Å². The fourth-order valence-electron chi connectivity index (χ4n) is 1.78. The van der Waals surface area contributed by atoms with Crippen LogP contribution in [0.25, 0.3) is 5.69 Å². The molecule has 0 fully saturated rings. The van der Waals surface area contributed by atoms with Crippen molar-refractivity contribution in [2.75, 3.05) is 5.32 Å². The van der Waals surface area contributed by atoms with Crippen molar-refractivity contribution in [3.05, 3.63) is 47.9 Å². The fraction of sp³-hybridized carbons (Fsp3) is 0.200. The summed E-state index contributed by atoms with van der Waals surface area (Å²) < 4.78 is 1.60. The van der Waals surface area contributed by atoms with Crippen molar-refractivity contribution in [3.8, 4) is 11.4 Å². The van der Waals surface area contributed by atoms with Crippen molar-refractivity contribution >= 4 is 23.1 Å². The third-order valence-electron chi connectivity index (χ3n) is 2.89. The molecular formula is C15H17ClN6O. The number of anilines is 2. The zero-order valence-electron chi connectivity index (χ0n) is 13.0. The topological polar surface area (TPSA) is 88.8 Å². The zero-order valence-corrected chi connectivity index (χ0v) is 13.8. The van der Waals surface area contributed by atoms with E-state index in [1.165, 1.54) is 12.7 Å². The Hall–Kier alpha value is -2.67. The molecule has 23 heavy (non-hydrogen) atoms. The highest BCUT2D eigenvalue weighted by Gasteiger charge is 2.09. The maximum Gasteiger partial charge on any atom is 0.180 e. The maximum absolute atomic E-state index is 9.90. The molecule has 3 aromatic rings. The molecule has 2 heterocycles. The van der Waals surface area contributed by atoms with Crippen LogP contribution < -0.4 is 5.32 Å². The van der Waals surface area contributed by atoms with Gasteiger partial charge in [-0.1, -0.05) is 25.4 Å². The van der Waals surface area contributed by atoms with Gasteiger partial charge in [-0.15, -0.1) is 0 Å². The fourth-order valence-corrected chi connectivity index (χ4v) is 2.00. The van der Waals surface area contributed by atoms with E-state index in [2.05, 4.69) is 25.4 Å². The van der Waals surface area contributed by atoms with E-state index in [-0.39, 0.29) is 5.75 Å². The molecule has 0 unspecified atom stereocenters. The summed E-state index contributed by atoms with van der Waals surface area (Å²) in [6.07, 6.45) is 4.40. The molecule has 0 aliphatic carbocycles. The highest BCUT2D eigenvalue weighted by atomic mass is 35.5. The van der Waals surface area contributed by atoms with Crippen molar-refractivity contribution in [3.63, 3.8) is 0 Å². The molecule has 0 aliphatic heterocycles. The molecule has 120 valence electrons. The van der Waals surface area contributed by atoms with Crippen molar-refractivity contribution in [2.24, 2.45) is 0 Å². The molecule has 8 heteroatoms. The molecule has 3 rings (SSSR count). The van der Waals surface area contributed by atoms with Crippen LogP contribution in [0.2, 0.25) is 5.02 Å². The van der Waals surface area contributed by atoms with Gasteiger partial charge in [0.2, 0.25) is 0 Å². The van der Waals surface area contributed by atoms with Gasteiger partial charge in [0.15, 0.2) is 11.6 Å². The molecule has 0 aliphatic rings. The molecule has 7 nitrogen and oxygen atoms in total. The van der Waals surface area contributed by atoms with Crippen LogP contribution in [0.3, 0.4) is 0 Å². The quantitative estimate of drug-likeness (QED) is 0.763. The second-order valence-electron chi connectivity index (χ2n) is 4.29. The van der Waals surface area contributed by atoms with Gasteiger partial charge in [0.25, 0.3) is 0 Å². The van der Waals surface area contributed by atoms with Crippen molar-refractivity contribution in [1.82, 2.24) is 24.7 Å². The van der Waals surface area contributed by atoms with Crippen molar-refractivity contribution in [1.29, 1.82) is 0 Å². The lowest BCUT2D eigenvalue weighted by molar-refractivity contribution is 0.467. The Morgan fingerprint density at radius 1 is 1.17 bits per heavy atom. The third kappa shape index (κ3) is 3.75. The van der Waals surface area contributed by atoms with Crippen LogP contribution in [-0.4, -0.2) is 29.8 Å². The summed E-state index contributed by atoms with van der Waals surface area (Å²) in [5.41, 5.74) is 1.89.